The number of carbonyl (C=O) groups excluding carboxylic acids is 2. The number of halogens is 1. The fourth-order valence-electron chi connectivity index (χ4n) is 2.42. The van der Waals surface area contributed by atoms with Crippen LogP contribution in [-0.2, 0) is 9.59 Å². The smallest absolute Gasteiger partial charge is 0.265 e. The average molecular weight is 403 g/mol. The van der Waals surface area contributed by atoms with Crippen LogP contribution >= 0.6 is 35.6 Å². The van der Waals surface area contributed by atoms with E-state index in [0.29, 0.717) is 11.6 Å². The Bertz CT molecular complexity index is 893. The van der Waals surface area contributed by atoms with Crippen LogP contribution in [0.2, 0.25) is 5.02 Å². The molecule has 4 nitrogen and oxygen atoms in total. The highest BCUT2D eigenvalue weighted by Gasteiger charge is 2.32. The highest BCUT2D eigenvalue weighted by atomic mass is 35.5. The van der Waals surface area contributed by atoms with E-state index in [0.717, 1.165) is 15.4 Å². The van der Waals surface area contributed by atoms with Crippen molar-refractivity contribution in [2.24, 2.45) is 0 Å². The fraction of sp³-hybridized carbons (Fsp3) is 0.105. The first kappa shape index (κ1) is 18.6. The predicted octanol–water partition coefficient (Wildman–Crippen LogP) is 4.14. The Kier molecular flexibility index (Phi) is 5.76. The zero-order chi connectivity index (χ0) is 18.7. The summed E-state index contributed by atoms with van der Waals surface area (Å²) in [6, 6.07) is 15.2. The van der Waals surface area contributed by atoms with Gasteiger partial charge in [-0.2, -0.15) is 0 Å². The van der Waals surface area contributed by atoms with Crippen molar-refractivity contribution >= 4 is 58.6 Å². The lowest BCUT2D eigenvalue weighted by atomic mass is 10.1. The van der Waals surface area contributed by atoms with Gasteiger partial charge < -0.3 is 0 Å². The molecule has 26 heavy (non-hydrogen) atoms. The molecular formula is C19H15ClN2O2S2. The molecule has 0 bridgehead atoms. The molecule has 1 fully saturated rings. The monoisotopic (exact) mass is 402 g/mol. The van der Waals surface area contributed by atoms with Crippen LogP contribution in [0.25, 0.3) is 6.08 Å². The Hall–Kier alpha value is -2.15. The zero-order valence-electron chi connectivity index (χ0n) is 13.9. The van der Waals surface area contributed by atoms with Crippen LogP contribution in [0, 0.1) is 0 Å². The molecule has 1 saturated heterocycles. The van der Waals surface area contributed by atoms with Crippen molar-refractivity contribution in [1.82, 2.24) is 10.2 Å². The van der Waals surface area contributed by atoms with Gasteiger partial charge in [0.25, 0.3) is 11.8 Å². The summed E-state index contributed by atoms with van der Waals surface area (Å²) in [5.74, 6) is -0.842. The minimum atomic E-state index is -0.468. The van der Waals surface area contributed by atoms with E-state index in [2.05, 4.69) is 5.32 Å². The Labute approximate surface area is 166 Å². The standard InChI is InChI=1S/C19H15ClN2O2S2/c1-2-22-18(24)16(17(23)21-19(22)25)11-12-3-7-14(8-4-12)26-15-9-5-13(20)6-10-15/h3-11H,2H2,1H3,(H,21,23,25)/b16-11+. The molecule has 0 radical (unpaired) electrons. The van der Waals surface area contributed by atoms with E-state index >= 15 is 0 Å². The normalized spacial score (nSPS) is 16.2. The molecule has 2 amide bonds. The van der Waals surface area contributed by atoms with Crippen molar-refractivity contribution in [1.29, 1.82) is 0 Å². The van der Waals surface area contributed by atoms with E-state index in [1.807, 2.05) is 55.5 Å². The van der Waals surface area contributed by atoms with E-state index in [1.54, 1.807) is 17.8 Å². The molecule has 1 N–H and O–H groups in total. The molecule has 0 saturated carbocycles. The van der Waals surface area contributed by atoms with Gasteiger partial charge in [-0.05, 0) is 67.2 Å². The van der Waals surface area contributed by atoms with Gasteiger partial charge in [0.1, 0.15) is 5.57 Å². The van der Waals surface area contributed by atoms with Crippen LogP contribution in [0.1, 0.15) is 12.5 Å². The number of rotatable bonds is 4. The molecule has 1 aliphatic rings. The third-order valence-electron chi connectivity index (χ3n) is 3.74. The molecule has 0 aromatic heterocycles. The van der Waals surface area contributed by atoms with Crippen molar-refractivity contribution in [3.63, 3.8) is 0 Å². The van der Waals surface area contributed by atoms with Crippen molar-refractivity contribution in [3.05, 3.63) is 64.7 Å². The van der Waals surface area contributed by atoms with E-state index < -0.39 is 5.91 Å². The van der Waals surface area contributed by atoms with Crippen LogP contribution in [0.5, 0.6) is 0 Å². The molecule has 7 heteroatoms. The highest BCUT2D eigenvalue weighted by molar-refractivity contribution is 7.99. The number of hydrogen-bond donors (Lipinski definition) is 1. The predicted molar refractivity (Wildman–Crippen MR) is 108 cm³/mol. The van der Waals surface area contributed by atoms with Crippen LogP contribution in [0.15, 0.2) is 63.9 Å². The van der Waals surface area contributed by atoms with Gasteiger partial charge in [-0.25, -0.2) is 0 Å². The van der Waals surface area contributed by atoms with Crippen molar-refractivity contribution in [2.45, 2.75) is 16.7 Å². The lowest BCUT2D eigenvalue weighted by molar-refractivity contribution is -0.128. The van der Waals surface area contributed by atoms with E-state index in [9.17, 15) is 9.59 Å². The third kappa shape index (κ3) is 4.15. The number of hydrogen-bond acceptors (Lipinski definition) is 4. The summed E-state index contributed by atoms with van der Waals surface area (Å²) in [6.07, 6.45) is 1.58. The molecule has 0 unspecified atom stereocenters. The fourth-order valence-corrected chi connectivity index (χ4v) is 3.67. The van der Waals surface area contributed by atoms with E-state index in [1.165, 1.54) is 4.90 Å². The van der Waals surface area contributed by atoms with E-state index in [-0.39, 0.29) is 16.6 Å². The van der Waals surface area contributed by atoms with Gasteiger partial charge in [0.2, 0.25) is 0 Å². The van der Waals surface area contributed by atoms with Gasteiger partial charge in [0, 0.05) is 21.4 Å². The number of likely N-dealkylation sites (N-methyl/N-ethyl adjacent to an activating group) is 1. The molecule has 132 valence electrons. The Morgan fingerprint density at radius 3 is 2.23 bits per heavy atom. The van der Waals surface area contributed by atoms with Crippen LogP contribution in [0.3, 0.4) is 0 Å². The van der Waals surface area contributed by atoms with Gasteiger partial charge in [-0.15, -0.1) is 0 Å². The minimum Gasteiger partial charge on any atom is -0.298 e. The Morgan fingerprint density at radius 2 is 1.65 bits per heavy atom. The summed E-state index contributed by atoms with van der Waals surface area (Å²) < 4.78 is 0. The molecule has 0 aliphatic carbocycles. The molecule has 2 aromatic rings. The summed E-state index contributed by atoms with van der Waals surface area (Å²) in [4.78, 5) is 28.0. The lowest BCUT2D eigenvalue weighted by Crippen LogP contribution is -2.53. The average Bonchev–Trinajstić information content (AvgIpc) is 2.62. The second-order valence-electron chi connectivity index (χ2n) is 5.49. The number of carbonyl (C=O) groups is 2. The maximum absolute atomic E-state index is 12.4. The summed E-state index contributed by atoms with van der Waals surface area (Å²) in [6.45, 7) is 2.22. The number of nitrogens with one attached hydrogen (secondary N) is 1. The minimum absolute atomic E-state index is 0.0820. The molecule has 2 aromatic carbocycles. The third-order valence-corrected chi connectivity index (χ3v) is 5.33. The number of thiocarbonyl (C=S) groups is 1. The number of amides is 2. The zero-order valence-corrected chi connectivity index (χ0v) is 16.3. The topological polar surface area (TPSA) is 49.4 Å². The van der Waals surface area contributed by atoms with Crippen molar-refractivity contribution in [3.8, 4) is 0 Å². The van der Waals surface area contributed by atoms with Crippen molar-refractivity contribution < 1.29 is 9.59 Å². The highest BCUT2D eigenvalue weighted by Crippen LogP contribution is 2.29. The quantitative estimate of drug-likeness (QED) is 0.474. The molecule has 0 atom stereocenters. The lowest BCUT2D eigenvalue weighted by Gasteiger charge is -2.27. The maximum Gasteiger partial charge on any atom is 0.265 e. The van der Waals surface area contributed by atoms with Gasteiger partial charge in [0.05, 0.1) is 0 Å². The molecule has 0 spiro atoms. The van der Waals surface area contributed by atoms with Gasteiger partial charge >= 0.3 is 0 Å². The SMILES string of the molecule is CCN1C(=O)/C(=C/c2ccc(Sc3ccc(Cl)cc3)cc2)C(=O)NC1=S. The number of nitrogens with zero attached hydrogens (tertiary/aromatic N) is 1. The molecule has 1 heterocycles. The summed E-state index contributed by atoms with van der Waals surface area (Å²) in [7, 11) is 0. The van der Waals surface area contributed by atoms with Crippen LogP contribution < -0.4 is 5.32 Å². The first-order valence-corrected chi connectivity index (χ1v) is 9.50. The first-order chi connectivity index (χ1) is 12.5. The summed E-state index contributed by atoms with van der Waals surface area (Å²) >= 11 is 12.5. The first-order valence-electron chi connectivity index (χ1n) is 7.90. The van der Waals surface area contributed by atoms with Gasteiger partial charge in [-0.1, -0.05) is 35.5 Å². The maximum atomic E-state index is 12.4. The van der Waals surface area contributed by atoms with Crippen LogP contribution in [0.4, 0.5) is 0 Å². The van der Waals surface area contributed by atoms with Gasteiger partial charge in [-0.3, -0.25) is 19.8 Å². The van der Waals surface area contributed by atoms with E-state index in [4.69, 9.17) is 23.8 Å². The molecule has 1 aliphatic heterocycles. The largest absolute Gasteiger partial charge is 0.298 e. The summed E-state index contributed by atoms with van der Waals surface area (Å²) in [5, 5.41) is 3.39. The summed E-state index contributed by atoms with van der Waals surface area (Å²) in [5.41, 5.74) is 0.853. The van der Waals surface area contributed by atoms with Crippen LogP contribution in [-0.4, -0.2) is 28.4 Å². The second kappa shape index (κ2) is 8.03. The Morgan fingerprint density at radius 1 is 1.08 bits per heavy atom. The molecular weight excluding hydrogens is 388 g/mol. The molecule has 3 rings (SSSR count). The van der Waals surface area contributed by atoms with Crippen molar-refractivity contribution in [2.75, 3.05) is 6.54 Å². The van der Waals surface area contributed by atoms with Gasteiger partial charge in [0.15, 0.2) is 5.11 Å². The second-order valence-corrected chi connectivity index (χ2v) is 7.46. The Balaban J connectivity index is 1.78. The number of benzene rings is 2.